The lowest BCUT2D eigenvalue weighted by Gasteiger charge is -2.36. The lowest BCUT2D eigenvalue weighted by atomic mass is 9.94. The van der Waals surface area contributed by atoms with Gasteiger partial charge in [0, 0.05) is 31.1 Å². The zero-order valence-corrected chi connectivity index (χ0v) is 14.8. The van der Waals surface area contributed by atoms with Crippen LogP contribution >= 0.6 is 11.3 Å². The number of thiophene rings is 1. The number of carbonyl (C=O) groups excluding carboxylic acids is 1. The predicted molar refractivity (Wildman–Crippen MR) is 97.9 cm³/mol. The minimum atomic E-state index is 0.170. The zero-order valence-electron chi connectivity index (χ0n) is 14.0. The van der Waals surface area contributed by atoms with E-state index in [0.29, 0.717) is 5.91 Å². The van der Waals surface area contributed by atoms with Crippen molar-refractivity contribution in [3.63, 3.8) is 0 Å². The van der Waals surface area contributed by atoms with E-state index in [2.05, 4.69) is 51.6 Å². The van der Waals surface area contributed by atoms with Crippen molar-refractivity contribution in [1.82, 2.24) is 9.80 Å². The summed E-state index contributed by atoms with van der Waals surface area (Å²) in [5.74, 6) is 0.532. The van der Waals surface area contributed by atoms with Gasteiger partial charge in [-0.15, -0.1) is 11.3 Å². The van der Waals surface area contributed by atoms with Crippen LogP contribution in [0.1, 0.15) is 28.8 Å². The van der Waals surface area contributed by atoms with Gasteiger partial charge in [-0.25, -0.2) is 0 Å². The Labute approximate surface area is 147 Å². The maximum Gasteiger partial charge on any atom is 0.227 e. The van der Waals surface area contributed by atoms with Crippen molar-refractivity contribution in [2.45, 2.75) is 32.4 Å². The molecule has 3 nitrogen and oxygen atoms in total. The summed E-state index contributed by atoms with van der Waals surface area (Å²) < 4.78 is 0. The number of piperidine rings is 1. The molecule has 2 aliphatic rings. The Bertz CT molecular complexity index is 697. The van der Waals surface area contributed by atoms with Gasteiger partial charge in [0.1, 0.15) is 0 Å². The Morgan fingerprint density at radius 3 is 2.83 bits per heavy atom. The van der Waals surface area contributed by atoms with E-state index >= 15 is 0 Å². The smallest absolute Gasteiger partial charge is 0.227 e. The van der Waals surface area contributed by atoms with Crippen LogP contribution in [-0.2, 0) is 24.3 Å². The molecule has 0 unspecified atom stereocenters. The summed E-state index contributed by atoms with van der Waals surface area (Å²) in [4.78, 5) is 19.0. The number of fused-ring (bicyclic) bond motifs is 1. The molecule has 126 valence electrons. The highest BCUT2D eigenvalue weighted by Crippen LogP contribution is 2.25. The van der Waals surface area contributed by atoms with E-state index in [1.165, 1.54) is 16.0 Å². The molecule has 1 aromatic heterocycles. The summed E-state index contributed by atoms with van der Waals surface area (Å²) >= 11 is 1.81. The Hall–Kier alpha value is -1.65. The second-order valence-corrected chi connectivity index (χ2v) is 7.96. The van der Waals surface area contributed by atoms with Crippen LogP contribution in [-0.4, -0.2) is 35.3 Å². The third kappa shape index (κ3) is 3.40. The van der Waals surface area contributed by atoms with E-state index in [1.54, 1.807) is 0 Å². The standard InChI is InChI=1S/C20H24N2OS/c23-20(22-11-9-16-5-1-2-6-17(16)14-22)18-7-3-10-21(13-18)15-19-8-4-12-24-19/h1-2,4-6,8,12,18H,3,7,9-11,13-15H2/t18-/m0/s1. The molecular formula is C20H24N2OS. The van der Waals surface area contributed by atoms with Gasteiger partial charge in [-0.1, -0.05) is 30.3 Å². The molecule has 0 saturated carbocycles. The van der Waals surface area contributed by atoms with Gasteiger partial charge < -0.3 is 4.90 Å². The maximum absolute atomic E-state index is 13.0. The van der Waals surface area contributed by atoms with Crippen LogP contribution in [0.3, 0.4) is 0 Å². The topological polar surface area (TPSA) is 23.6 Å². The van der Waals surface area contributed by atoms with Crippen LogP contribution in [0.2, 0.25) is 0 Å². The fourth-order valence-electron chi connectivity index (χ4n) is 3.97. The molecule has 2 aromatic rings. The first-order chi connectivity index (χ1) is 11.8. The molecule has 1 saturated heterocycles. The van der Waals surface area contributed by atoms with Crippen LogP contribution in [0.4, 0.5) is 0 Å². The lowest BCUT2D eigenvalue weighted by Crippen LogP contribution is -2.46. The molecule has 4 heteroatoms. The van der Waals surface area contributed by atoms with Crippen LogP contribution in [0.5, 0.6) is 0 Å². The van der Waals surface area contributed by atoms with Crippen LogP contribution < -0.4 is 0 Å². The van der Waals surface area contributed by atoms with Gasteiger partial charge in [0.15, 0.2) is 0 Å². The fraction of sp³-hybridized carbons (Fsp3) is 0.450. The van der Waals surface area contributed by atoms with Gasteiger partial charge in [0.25, 0.3) is 0 Å². The summed E-state index contributed by atoms with van der Waals surface area (Å²) in [7, 11) is 0. The molecular weight excluding hydrogens is 316 g/mol. The van der Waals surface area contributed by atoms with Crippen molar-refractivity contribution in [2.24, 2.45) is 5.92 Å². The molecule has 0 N–H and O–H groups in total. The van der Waals surface area contributed by atoms with Gasteiger partial charge in [-0.05, 0) is 48.4 Å². The fourth-order valence-corrected chi connectivity index (χ4v) is 4.71. The molecule has 24 heavy (non-hydrogen) atoms. The molecule has 1 amide bonds. The molecule has 1 aromatic carbocycles. The second kappa shape index (κ2) is 7.08. The van der Waals surface area contributed by atoms with Crippen molar-refractivity contribution in [3.05, 3.63) is 57.8 Å². The van der Waals surface area contributed by atoms with E-state index in [-0.39, 0.29) is 5.92 Å². The Morgan fingerprint density at radius 1 is 1.12 bits per heavy atom. The highest BCUT2D eigenvalue weighted by atomic mass is 32.1. The van der Waals surface area contributed by atoms with Crippen LogP contribution in [0.25, 0.3) is 0 Å². The molecule has 0 radical (unpaired) electrons. The predicted octanol–water partition coefficient (Wildman–Crippen LogP) is 3.55. The third-order valence-corrected chi connectivity index (χ3v) is 6.12. The minimum Gasteiger partial charge on any atom is -0.338 e. The number of carbonyl (C=O) groups is 1. The van der Waals surface area contributed by atoms with Gasteiger partial charge in [-0.3, -0.25) is 9.69 Å². The zero-order chi connectivity index (χ0) is 16.4. The van der Waals surface area contributed by atoms with E-state index in [4.69, 9.17) is 0 Å². The first kappa shape index (κ1) is 15.9. The number of benzene rings is 1. The summed E-state index contributed by atoms with van der Waals surface area (Å²) in [6, 6.07) is 12.8. The number of hydrogen-bond donors (Lipinski definition) is 0. The minimum absolute atomic E-state index is 0.170. The van der Waals surface area contributed by atoms with Gasteiger partial charge in [0.05, 0.1) is 5.92 Å². The third-order valence-electron chi connectivity index (χ3n) is 5.26. The van der Waals surface area contributed by atoms with E-state index in [1.807, 2.05) is 11.3 Å². The highest BCUT2D eigenvalue weighted by molar-refractivity contribution is 7.09. The largest absolute Gasteiger partial charge is 0.338 e. The van der Waals surface area contributed by atoms with E-state index < -0.39 is 0 Å². The highest BCUT2D eigenvalue weighted by Gasteiger charge is 2.30. The molecule has 0 aliphatic carbocycles. The number of rotatable bonds is 3. The molecule has 1 fully saturated rings. The molecule has 0 bridgehead atoms. The van der Waals surface area contributed by atoms with Crippen LogP contribution in [0.15, 0.2) is 41.8 Å². The average Bonchev–Trinajstić information content (AvgIpc) is 3.14. The van der Waals surface area contributed by atoms with Crippen molar-refractivity contribution in [2.75, 3.05) is 19.6 Å². The Morgan fingerprint density at radius 2 is 2.00 bits per heavy atom. The van der Waals surface area contributed by atoms with Crippen molar-refractivity contribution >= 4 is 17.2 Å². The Balaban J connectivity index is 1.39. The van der Waals surface area contributed by atoms with Crippen LogP contribution in [0, 0.1) is 5.92 Å². The van der Waals surface area contributed by atoms with Crippen molar-refractivity contribution < 1.29 is 4.79 Å². The summed E-state index contributed by atoms with van der Waals surface area (Å²) in [5, 5.41) is 2.13. The van der Waals surface area contributed by atoms with Gasteiger partial charge >= 0.3 is 0 Å². The molecule has 4 rings (SSSR count). The summed E-state index contributed by atoms with van der Waals surface area (Å²) in [6.07, 6.45) is 3.16. The molecule has 1 atom stereocenters. The number of hydrogen-bond acceptors (Lipinski definition) is 3. The first-order valence-corrected chi connectivity index (χ1v) is 9.78. The normalized spacial score (nSPS) is 21.5. The van der Waals surface area contributed by atoms with Gasteiger partial charge in [0.2, 0.25) is 5.91 Å². The van der Waals surface area contributed by atoms with Crippen molar-refractivity contribution in [1.29, 1.82) is 0 Å². The SMILES string of the molecule is O=C([C@H]1CCCN(Cc2cccs2)C1)N1CCc2ccccc2C1. The van der Waals surface area contributed by atoms with Crippen molar-refractivity contribution in [3.8, 4) is 0 Å². The van der Waals surface area contributed by atoms with E-state index in [9.17, 15) is 4.79 Å². The maximum atomic E-state index is 13.0. The molecule has 2 aliphatic heterocycles. The van der Waals surface area contributed by atoms with Gasteiger partial charge in [-0.2, -0.15) is 0 Å². The molecule has 3 heterocycles. The second-order valence-electron chi connectivity index (χ2n) is 6.93. The lowest BCUT2D eigenvalue weighted by molar-refractivity contribution is -0.138. The monoisotopic (exact) mass is 340 g/mol. The first-order valence-electron chi connectivity index (χ1n) is 8.90. The van der Waals surface area contributed by atoms with E-state index in [0.717, 1.165) is 52.0 Å². The number of amides is 1. The quantitative estimate of drug-likeness (QED) is 0.853. The average molecular weight is 340 g/mol. The summed E-state index contributed by atoms with van der Waals surface area (Å²) in [6.45, 7) is 4.68. The summed E-state index contributed by atoms with van der Waals surface area (Å²) in [5.41, 5.74) is 2.73. The number of nitrogens with zero attached hydrogens (tertiary/aromatic N) is 2. The Kier molecular flexibility index (Phi) is 4.67. The number of likely N-dealkylation sites (tertiary alicyclic amines) is 1. The molecule has 0 spiro atoms.